The van der Waals surface area contributed by atoms with Crippen LogP contribution in [0.4, 0.5) is 0 Å². The maximum absolute atomic E-state index is 5.81. The molecule has 0 radical (unpaired) electrons. The molecule has 0 aliphatic heterocycles. The molecular weight excluding hydrogens is 248 g/mol. The molecule has 0 aromatic carbocycles. The van der Waals surface area contributed by atoms with E-state index in [-0.39, 0.29) is 0 Å². The van der Waals surface area contributed by atoms with Crippen LogP contribution in [0.1, 0.15) is 56.7 Å². The Labute approximate surface area is 121 Å². The fraction of sp³-hybridized carbons (Fsp3) is 0.812. The van der Waals surface area contributed by atoms with Crippen LogP contribution in [0.3, 0.4) is 0 Å². The van der Waals surface area contributed by atoms with E-state index in [2.05, 4.69) is 22.4 Å². The number of hydrazine groups is 1. The van der Waals surface area contributed by atoms with Crippen molar-refractivity contribution in [1.29, 1.82) is 0 Å². The van der Waals surface area contributed by atoms with E-state index in [1.807, 2.05) is 0 Å². The molecule has 20 heavy (non-hydrogen) atoms. The van der Waals surface area contributed by atoms with Gasteiger partial charge in [-0.05, 0) is 49.5 Å². The molecule has 0 saturated heterocycles. The van der Waals surface area contributed by atoms with Gasteiger partial charge in [0.1, 0.15) is 0 Å². The van der Waals surface area contributed by atoms with Gasteiger partial charge in [-0.25, -0.2) is 0 Å². The molecule has 0 bridgehead atoms. The van der Waals surface area contributed by atoms with Crippen molar-refractivity contribution < 1.29 is 0 Å². The Kier molecular flexibility index (Phi) is 3.31. The lowest BCUT2D eigenvalue weighted by Gasteiger charge is -2.16. The summed E-state index contributed by atoms with van der Waals surface area (Å²) in [6.45, 7) is 0. The highest BCUT2D eigenvalue weighted by Gasteiger charge is 2.55. The summed E-state index contributed by atoms with van der Waals surface area (Å²) in [5, 5.41) is 4.81. The summed E-state index contributed by atoms with van der Waals surface area (Å²) in [6, 6.07) is 3.27. The Morgan fingerprint density at radius 2 is 1.95 bits per heavy atom. The molecule has 0 spiro atoms. The van der Waals surface area contributed by atoms with E-state index in [1.54, 1.807) is 0 Å². The van der Waals surface area contributed by atoms with Gasteiger partial charge in [0.05, 0.1) is 11.7 Å². The number of nitrogens with zero attached hydrogens (tertiary/aromatic N) is 2. The summed E-state index contributed by atoms with van der Waals surface area (Å²) in [6.07, 6.45) is 12.8. The number of nitrogens with one attached hydrogen (secondary N) is 1. The largest absolute Gasteiger partial charge is 0.271 e. The van der Waals surface area contributed by atoms with Crippen molar-refractivity contribution in [3.8, 4) is 0 Å². The van der Waals surface area contributed by atoms with Crippen molar-refractivity contribution in [2.24, 2.45) is 23.6 Å². The second kappa shape index (κ2) is 5.15. The highest BCUT2D eigenvalue weighted by atomic mass is 15.3. The molecule has 1 aromatic heterocycles. The summed E-state index contributed by atoms with van der Waals surface area (Å²) in [4.78, 5) is 0. The van der Waals surface area contributed by atoms with Crippen LogP contribution in [0.2, 0.25) is 0 Å². The van der Waals surface area contributed by atoms with E-state index in [0.29, 0.717) is 12.1 Å². The minimum Gasteiger partial charge on any atom is -0.271 e. The van der Waals surface area contributed by atoms with Gasteiger partial charge < -0.3 is 0 Å². The van der Waals surface area contributed by atoms with Crippen LogP contribution in [0.25, 0.3) is 0 Å². The third-order valence-corrected chi connectivity index (χ3v) is 5.94. The number of hydrogen-bond donors (Lipinski definition) is 2. The van der Waals surface area contributed by atoms with Crippen LogP contribution in [0.15, 0.2) is 12.3 Å². The van der Waals surface area contributed by atoms with Gasteiger partial charge in [0.15, 0.2) is 0 Å². The highest BCUT2D eigenvalue weighted by Crippen LogP contribution is 2.59. The van der Waals surface area contributed by atoms with Gasteiger partial charge in [-0.2, -0.15) is 5.10 Å². The lowest BCUT2D eigenvalue weighted by Crippen LogP contribution is -2.39. The minimum atomic E-state index is 0.428. The maximum atomic E-state index is 5.81. The molecule has 3 N–H and O–H groups in total. The molecular formula is C16H26N4. The summed E-state index contributed by atoms with van der Waals surface area (Å²) in [7, 11) is 0. The summed E-state index contributed by atoms with van der Waals surface area (Å²) in [5.41, 5.74) is 4.28. The SMILES string of the molecule is NNC(Cc1ccn(C2CCCC2)n1)C1C2CCCC21. The van der Waals surface area contributed by atoms with E-state index in [0.717, 1.165) is 24.2 Å². The maximum Gasteiger partial charge on any atom is 0.0640 e. The smallest absolute Gasteiger partial charge is 0.0640 e. The lowest BCUT2D eigenvalue weighted by molar-refractivity contribution is 0.401. The van der Waals surface area contributed by atoms with Gasteiger partial charge in [-0.3, -0.25) is 16.0 Å². The van der Waals surface area contributed by atoms with Crippen molar-refractivity contribution in [2.75, 3.05) is 0 Å². The molecule has 4 rings (SSSR count). The van der Waals surface area contributed by atoms with Crippen LogP contribution < -0.4 is 11.3 Å². The Morgan fingerprint density at radius 1 is 1.20 bits per heavy atom. The normalized spacial score (nSPS) is 34.4. The molecule has 3 saturated carbocycles. The van der Waals surface area contributed by atoms with Crippen molar-refractivity contribution >= 4 is 0 Å². The number of aromatic nitrogens is 2. The van der Waals surface area contributed by atoms with E-state index < -0.39 is 0 Å². The van der Waals surface area contributed by atoms with Crippen LogP contribution >= 0.6 is 0 Å². The third kappa shape index (κ3) is 2.19. The van der Waals surface area contributed by atoms with Gasteiger partial charge >= 0.3 is 0 Å². The number of nitrogens with two attached hydrogens (primary N) is 1. The van der Waals surface area contributed by atoms with E-state index in [1.165, 1.54) is 50.6 Å². The first-order valence-corrected chi connectivity index (χ1v) is 8.37. The molecule has 1 aromatic rings. The van der Waals surface area contributed by atoms with Crippen molar-refractivity contribution in [3.63, 3.8) is 0 Å². The zero-order valence-electron chi connectivity index (χ0n) is 12.2. The Bertz CT molecular complexity index is 453. The summed E-state index contributed by atoms with van der Waals surface area (Å²) < 4.78 is 2.20. The molecule has 4 nitrogen and oxygen atoms in total. The van der Waals surface area contributed by atoms with Gasteiger partial charge in [0.2, 0.25) is 0 Å². The first-order chi connectivity index (χ1) is 9.86. The number of rotatable bonds is 5. The molecule has 3 atom stereocenters. The fourth-order valence-corrected chi connectivity index (χ4v) is 4.86. The quantitative estimate of drug-likeness (QED) is 0.640. The van der Waals surface area contributed by atoms with Gasteiger partial charge in [-0.1, -0.05) is 19.3 Å². The molecule has 3 aliphatic carbocycles. The van der Waals surface area contributed by atoms with Crippen LogP contribution in [0, 0.1) is 17.8 Å². The van der Waals surface area contributed by atoms with Crippen LogP contribution in [-0.4, -0.2) is 15.8 Å². The zero-order valence-corrected chi connectivity index (χ0v) is 12.2. The number of fused-ring (bicyclic) bond motifs is 1. The average Bonchev–Trinajstić information content (AvgIpc) is 3.03. The molecule has 3 aliphatic rings. The summed E-state index contributed by atoms with van der Waals surface area (Å²) >= 11 is 0. The first-order valence-electron chi connectivity index (χ1n) is 8.37. The van der Waals surface area contributed by atoms with Crippen molar-refractivity contribution in [3.05, 3.63) is 18.0 Å². The van der Waals surface area contributed by atoms with Crippen LogP contribution in [-0.2, 0) is 6.42 Å². The van der Waals surface area contributed by atoms with Crippen LogP contribution in [0.5, 0.6) is 0 Å². The van der Waals surface area contributed by atoms with Crippen molar-refractivity contribution in [1.82, 2.24) is 15.2 Å². The third-order valence-electron chi connectivity index (χ3n) is 5.94. The van der Waals surface area contributed by atoms with E-state index in [9.17, 15) is 0 Å². The summed E-state index contributed by atoms with van der Waals surface area (Å²) in [5.74, 6) is 8.52. The van der Waals surface area contributed by atoms with Gasteiger partial charge in [0.25, 0.3) is 0 Å². The molecule has 1 heterocycles. The zero-order chi connectivity index (χ0) is 13.5. The highest BCUT2D eigenvalue weighted by molar-refractivity contribution is 5.10. The second-order valence-corrected chi connectivity index (χ2v) is 7.04. The average molecular weight is 274 g/mol. The van der Waals surface area contributed by atoms with Gasteiger partial charge in [-0.15, -0.1) is 0 Å². The second-order valence-electron chi connectivity index (χ2n) is 7.04. The molecule has 110 valence electrons. The van der Waals surface area contributed by atoms with Crippen molar-refractivity contribution in [2.45, 2.75) is 63.5 Å². The first kappa shape index (κ1) is 12.8. The Hall–Kier alpha value is -0.870. The topological polar surface area (TPSA) is 55.9 Å². The molecule has 0 amide bonds. The lowest BCUT2D eigenvalue weighted by atomic mass is 10.0. The Morgan fingerprint density at radius 3 is 2.65 bits per heavy atom. The standard InChI is InChI=1S/C16H26N4/c17-18-15(16-13-6-3-7-14(13)16)10-11-8-9-20(19-11)12-4-1-2-5-12/h8-9,12-16,18H,1-7,10,17H2. The van der Waals surface area contributed by atoms with E-state index in [4.69, 9.17) is 10.9 Å². The fourth-order valence-electron chi connectivity index (χ4n) is 4.86. The number of hydrogen-bond acceptors (Lipinski definition) is 3. The van der Waals surface area contributed by atoms with E-state index >= 15 is 0 Å². The molecule has 4 heteroatoms. The molecule has 3 unspecified atom stereocenters. The Balaban J connectivity index is 1.40. The van der Waals surface area contributed by atoms with Gasteiger partial charge in [0, 0.05) is 18.7 Å². The minimum absolute atomic E-state index is 0.428. The monoisotopic (exact) mass is 274 g/mol. The molecule has 3 fully saturated rings. The predicted octanol–water partition coefficient (Wildman–Crippen LogP) is 2.42. The predicted molar refractivity (Wildman–Crippen MR) is 78.9 cm³/mol.